The first kappa shape index (κ1) is 45.0. The van der Waals surface area contributed by atoms with Crippen LogP contribution in [-0.2, 0) is 24.2 Å². The molecule has 1 atom stereocenters. The van der Waals surface area contributed by atoms with Crippen molar-refractivity contribution in [2.45, 2.75) is 104 Å². The Morgan fingerprint density at radius 1 is 0.712 bits per heavy atom. The summed E-state index contributed by atoms with van der Waals surface area (Å²) in [7, 11) is -6.68. The van der Waals surface area contributed by atoms with E-state index in [2.05, 4.69) is 190 Å². The molecular weight excluding hydrogens is 815 g/mol. The normalized spacial score (nSPS) is 18.4. The Labute approximate surface area is 347 Å². The molecule has 0 fully saturated rings. The molecule has 7 heteroatoms. The molecule has 0 amide bonds. The van der Waals surface area contributed by atoms with Crippen molar-refractivity contribution in [1.29, 1.82) is 0 Å². The van der Waals surface area contributed by atoms with Gasteiger partial charge in [-0.15, -0.1) is 33.7 Å². The topological polar surface area (TPSA) is 0 Å². The Bertz CT molecular complexity index is 2040. The van der Waals surface area contributed by atoms with Gasteiger partial charge in [0.2, 0.25) is 0 Å². The van der Waals surface area contributed by atoms with E-state index in [-0.39, 0.29) is 29.9 Å². The Balaban J connectivity index is 0.000000382. The summed E-state index contributed by atoms with van der Waals surface area (Å²) in [5.41, 5.74) is 10.3. The van der Waals surface area contributed by atoms with E-state index in [0.717, 1.165) is 6.42 Å². The Kier molecular flexibility index (Phi) is 14.1. The number of allylic oxidation sites excluding steroid dienone is 8. The first-order chi connectivity index (χ1) is 23.1. The van der Waals surface area contributed by atoms with Crippen molar-refractivity contribution < 1.29 is 49.0 Å². The summed E-state index contributed by atoms with van der Waals surface area (Å²) in [5, 5.41) is 8.36. The van der Waals surface area contributed by atoms with Crippen molar-refractivity contribution >= 4 is 52.3 Å². The quantitative estimate of drug-likeness (QED) is 0.243. The SMILES string of the molecule is Cc1cc([Si](C)(C)C)c2c(c1)=[C-]C1=C(C3=CC=CC3)C(C)([Si](C)(C)C)C([Si](C)(C)C)=C([Si](C)(C)C)C=21.[Cl-].[Cl-].[Zr+2]=[C](c1ccccc1)c1ccccc1. The Morgan fingerprint density at radius 3 is 1.63 bits per heavy atom. The summed E-state index contributed by atoms with van der Waals surface area (Å²) in [6.07, 6.45) is 12.3. The molecule has 1 unspecified atom stereocenters. The van der Waals surface area contributed by atoms with Crippen molar-refractivity contribution in [3.63, 3.8) is 0 Å². The third kappa shape index (κ3) is 8.67. The first-order valence-corrected chi connectivity index (χ1v) is 33.7. The fourth-order valence-corrected chi connectivity index (χ4v) is 21.9. The van der Waals surface area contributed by atoms with Gasteiger partial charge in [0.15, 0.2) is 0 Å². The summed E-state index contributed by atoms with van der Waals surface area (Å²) in [6, 6.07) is 26.1. The van der Waals surface area contributed by atoms with Crippen molar-refractivity contribution in [3.05, 3.63) is 145 Å². The fraction of sp³-hybridized carbons (Fsp3) is 0.356. The van der Waals surface area contributed by atoms with Crippen LogP contribution in [0.3, 0.4) is 0 Å². The molecule has 6 rings (SSSR count). The molecule has 0 heterocycles. The van der Waals surface area contributed by atoms with Crippen LogP contribution in [-0.4, -0.2) is 35.5 Å². The zero-order valence-corrected chi connectivity index (χ0v) is 42.1. The third-order valence-electron chi connectivity index (χ3n) is 10.8. The molecule has 0 nitrogen and oxygen atoms in total. The van der Waals surface area contributed by atoms with E-state index in [9.17, 15) is 0 Å². The van der Waals surface area contributed by atoms with Crippen molar-refractivity contribution in [2.24, 2.45) is 0 Å². The van der Waals surface area contributed by atoms with Crippen molar-refractivity contribution in [3.8, 4) is 0 Å². The molecule has 0 radical (unpaired) electrons. The molecule has 0 saturated heterocycles. The molecule has 3 aromatic rings. The number of aryl methyl sites for hydroxylation is 1. The van der Waals surface area contributed by atoms with E-state index in [4.69, 9.17) is 0 Å². The standard InChI is InChI=1S/C32H49Si4.C13H10.2ClH.Zr/c1-22-19-24-21-25-28(27(24)26(20-22)33(3,4)5)30(34(6,7)8)31(35(9,10)11)32(2,36(12,13)14)29(25)23-17-15-16-18-23;1-3-7-12(8-4-1)11-13-9-5-2-6-10-13;;;/h15-17,19-20H,18H2,1-14H3;1-10H;2*1H;/q-1;;;;+2/p-2. The minimum absolute atomic E-state index is 0. The van der Waals surface area contributed by atoms with Gasteiger partial charge in [-0.05, 0) is 18.4 Å². The van der Waals surface area contributed by atoms with Gasteiger partial charge in [0, 0.05) is 0 Å². The molecule has 52 heavy (non-hydrogen) atoms. The van der Waals surface area contributed by atoms with Gasteiger partial charge >= 0.3 is 99.2 Å². The third-order valence-corrected chi connectivity index (χ3v) is 22.5. The first-order valence-electron chi connectivity index (χ1n) is 18.4. The van der Waals surface area contributed by atoms with E-state index in [0.29, 0.717) is 0 Å². The van der Waals surface area contributed by atoms with Gasteiger partial charge in [0.1, 0.15) is 0 Å². The predicted molar refractivity (Wildman–Crippen MR) is 231 cm³/mol. The average molecular weight is 874 g/mol. The van der Waals surface area contributed by atoms with Gasteiger partial charge in [0.25, 0.3) is 0 Å². The molecule has 0 aromatic heterocycles. The van der Waals surface area contributed by atoms with Crippen molar-refractivity contribution in [2.75, 3.05) is 0 Å². The van der Waals surface area contributed by atoms with Gasteiger partial charge < -0.3 is 24.8 Å². The Hall–Kier alpha value is -1.44. The van der Waals surface area contributed by atoms with E-state index < -0.39 is 32.3 Å². The maximum absolute atomic E-state index is 4.14. The van der Waals surface area contributed by atoms with Crippen LogP contribution in [0.25, 0.3) is 11.6 Å². The van der Waals surface area contributed by atoms with Crippen LogP contribution in [0.1, 0.15) is 30.0 Å². The maximum atomic E-state index is 4.14. The van der Waals surface area contributed by atoms with Crippen LogP contribution < -0.4 is 40.4 Å². The number of hydrogen-bond donors (Lipinski definition) is 0. The van der Waals surface area contributed by atoms with E-state index in [1.165, 1.54) is 54.9 Å². The molecule has 3 aliphatic carbocycles. The fourth-order valence-electron chi connectivity index (χ4n) is 8.37. The molecule has 274 valence electrons. The zero-order chi connectivity index (χ0) is 37.0. The molecule has 0 saturated carbocycles. The van der Waals surface area contributed by atoms with E-state index >= 15 is 0 Å². The van der Waals surface area contributed by atoms with E-state index in [1.807, 2.05) is 5.20 Å². The van der Waals surface area contributed by atoms with Crippen LogP contribution in [0.15, 0.2) is 118 Å². The monoisotopic (exact) mass is 871 g/mol. The summed E-state index contributed by atoms with van der Waals surface area (Å²) in [5.74, 6) is 0. The van der Waals surface area contributed by atoms with Crippen LogP contribution >= 0.6 is 0 Å². The number of benzene rings is 3. The molecule has 0 bridgehead atoms. The van der Waals surface area contributed by atoms with Crippen molar-refractivity contribution in [1.82, 2.24) is 0 Å². The second-order valence-corrected chi connectivity index (χ2v) is 40.6. The second kappa shape index (κ2) is 16.3. The van der Waals surface area contributed by atoms with Gasteiger partial charge in [0.05, 0.1) is 32.3 Å². The molecule has 0 N–H and O–H groups in total. The number of rotatable bonds is 7. The molecule has 0 aliphatic heterocycles. The second-order valence-electron chi connectivity index (χ2n) is 18.8. The predicted octanol–water partition coefficient (Wildman–Crippen LogP) is 4.52. The summed E-state index contributed by atoms with van der Waals surface area (Å²) >= 11 is 1.46. The number of fused-ring (bicyclic) bond motifs is 2. The zero-order valence-electron chi connectivity index (χ0n) is 34.1. The van der Waals surface area contributed by atoms with Crippen LogP contribution in [0.2, 0.25) is 83.6 Å². The summed E-state index contributed by atoms with van der Waals surface area (Å²) < 4.78 is 1.42. The Morgan fingerprint density at radius 2 is 1.23 bits per heavy atom. The van der Waals surface area contributed by atoms with Crippen LogP contribution in [0.5, 0.6) is 0 Å². The van der Waals surface area contributed by atoms with Gasteiger partial charge in [-0.2, -0.15) is 0 Å². The minimum atomic E-state index is -1.71. The van der Waals surface area contributed by atoms with Crippen LogP contribution in [0, 0.1) is 6.92 Å². The average Bonchev–Trinajstić information content (AvgIpc) is 3.67. The van der Waals surface area contributed by atoms with Gasteiger partial charge in [-0.1, -0.05) is 142 Å². The van der Waals surface area contributed by atoms with Gasteiger partial charge in [-0.25, -0.2) is 0 Å². The molecule has 0 spiro atoms. The molecular formula is C45H59Cl2Si4Zr-. The number of hydrogen-bond acceptors (Lipinski definition) is 0. The van der Waals surface area contributed by atoms with Gasteiger partial charge in [-0.3, -0.25) is 0 Å². The van der Waals surface area contributed by atoms with E-state index in [1.54, 1.807) is 32.3 Å². The van der Waals surface area contributed by atoms with Crippen LogP contribution in [0.4, 0.5) is 0 Å². The molecule has 3 aromatic carbocycles. The number of halogens is 2. The molecule has 3 aliphatic rings. The summed E-state index contributed by atoms with van der Waals surface area (Å²) in [6.45, 7) is 36.1. The summed E-state index contributed by atoms with van der Waals surface area (Å²) in [4.78, 5) is 0.